The van der Waals surface area contributed by atoms with Crippen LogP contribution in [0.15, 0.2) is 0 Å². The highest BCUT2D eigenvalue weighted by Gasteiger charge is 2.31. The van der Waals surface area contributed by atoms with Gasteiger partial charge in [-0.05, 0) is 13.8 Å². The average molecular weight is 348 g/mol. The molecule has 21 heavy (non-hydrogen) atoms. The van der Waals surface area contributed by atoms with Gasteiger partial charge in [0, 0.05) is 0 Å². The second-order valence-electron chi connectivity index (χ2n) is 3.76. The van der Waals surface area contributed by atoms with Crippen molar-refractivity contribution in [1.29, 1.82) is 0 Å². The Morgan fingerprint density at radius 2 is 1.10 bits per heavy atom. The zero-order valence-electron chi connectivity index (χ0n) is 11.8. The standard InChI is InChI=1S/C9H16O10S2/c1-6(8(10)16-3)18-20(12,13)5-21(14,15)19-7(2)9(11)17-4/h6-7H,5H2,1-4H3. The molecule has 0 fully saturated rings. The summed E-state index contributed by atoms with van der Waals surface area (Å²) in [5.74, 6) is -2.00. The first-order chi connectivity index (χ1) is 9.44. The number of methoxy groups -OCH3 is 2. The van der Waals surface area contributed by atoms with Crippen LogP contribution >= 0.6 is 0 Å². The zero-order chi connectivity index (χ0) is 16.8. The van der Waals surface area contributed by atoms with Gasteiger partial charge < -0.3 is 9.47 Å². The molecule has 124 valence electrons. The molecule has 0 rings (SSSR count). The van der Waals surface area contributed by atoms with E-state index in [1.807, 2.05) is 0 Å². The second-order valence-corrected chi connectivity index (χ2v) is 7.31. The van der Waals surface area contributed by atoms with E-state index in [1.165, 1.54) is 0 Å². The fourth-order valence-electron chi connectivity index (χ4n) is 1.08. The number of hydrogen-bond acceptors (Lipinski definition) is 10. The monoisotopic (exact) mass is 348 g/mol. The summed E-state index contributed by atoms with van der Waals surface area (Å²) in [6.07, 6.45) is -3.04. The maximum atomic E-state index is 11.5. The molecule has 12 heteroatoms. The van der Waals surface area contributed by atoms with Crippen LogP contribution < -0.4 is 0 Å². The van der Waals surface area contributed by atoms with Gasteiger partial charge in [-0.25, -0.2) is 9.59 Å². The molecule has 0 saturated heterocycles. The summed E-state index contributed by atoms with van der Waals surface area (Å²) in [6, 6.07) is 0. The lowest BCUT2D eigenvalue weighted by atomic mass is 10.4. The van der Waals surface area contributed by atoms with Crippen LogP contribution in [0.2, 0.25) is 0 Å². The lowest BCUT2D eigenvalue weighted by Gasteiger charge is -2.13. The molecule has 0 aliphatic heterocycles. The Hall–Kier alpha value is -1.24. The van der Waals surface area contributed by atoms with Crippen molar-refractivity contribution in [2.75, 3.05) is 19.3 Å². The van der Waals surface area contributed by atoms with Crippen molar-refractivity contribution in [3.05, 3.63) is 0 Å². The van der Waals surface area contributed by atoms with E-state index < -0.39 is 49.5 Å². The minimum absolute atomic E-state index is 1.00. The third kappa shape index (κ3) is 7.36. The Morgan fingerprint density at radius 1 is 0.810 bits per heavy atom. The van der Waals surface area contributed by atoms with Crippen LogP contribution in [0.1, 0.15) is 13.8 Å². The maximum Gasteiger partial charge on any atom is 0.336 e. The van der Waals surface area contributed by atoms with Gasteiger partial charge in [-0.2, -0.15) is 16.8 Å². The summed E-state index contributed by atoms with van der Waals surface area (Å²) in [6.45, 7) is 2.13. The molecule has 0 N–H and O–H groups in total. The van der Waals surface area contributed by atoms with E-state index in [0.717, 1.165) is 28.1 Å². The van der Waals surface area contributed by atoms with E-state index >= 15 is 0 Å². The Kier molecular flexibility index (Phi) is 7.23. The van der Waals surface area contributed by atoms with Crippen LogP contribution in [0, 0.1) is 0 Å². The third-order valence-electron chi connectivity index (χ3n) is 1.94. The van der Waals surface area contributed by atoms with Gasteiger partial charge in [0.15, 0.2) is 12.2 Å². The molecule has 0 heterocycles. The van der Waals surface area contributed by atoms with Crippen molar-refractivity contribution in [1.82, 2.24) is 0 Å². The SMILES string of the molecule is COC(=O)C(C)OS(=O)(=O)CS(=O)(=O)OC(C)C(=O)OC. The molecule has 0 amide bonds. The fraction of sp³-hybridized carbons (Fsp3) is 0.778. The van der Waals surface area contributed by atoms with Crippen LogP contribution in [0.25, 0.3) is 0 Å². The number of ether oxygens (including phenoxy) is 2. The van der Waals surface area contributed by atoms with E-state index in [-0.39, 0.29) is 0 Å². The van der Waals surface area contributed by atoms with Gasteiger partial charge in [0.25, 0.3) is 20.2 Å². The fourth-order valence-corrected chi connectivity index (χ4v) is 3.98. The van der Waals surface area contributed by atoms with Gasteiger partial charge in [0.1, 0.15) is 0 Å². The minimum Gasteiger partial charge on any atom is -0.467 e. The number of hydrogen-bond donors (Lipinski definition) is 0. The lowest BCUT2D eigenvalue weighted by Crippen LogP contribution is -2.32. The van der Waals surface area contributed by atoms with Crippen LogP contribution in [0.3, 0.4) is 0 Å². The summed E-state index contributed by atoms with van der Waals surface area (Å²) in [5.41, 5.74) is 0. The first kappa shape index (κ1) is 19.8. The van der Waals surface area contributed by atoms with Gasteiger partial charge >= 0.3 is 11.9 Å². The van der Waals surface area contributed by atoms with Crippen molar-refractivity contribution >= 4 is 32.2 Å². The molecular weight excluding hydrogens is 332 g/mol. The Labute approximate surface area is 122 Å². The Bertz CT molecular complexity index is 524. The van der Waals surface area contributed by atoms with E-state index in [4.69, 9.17) is 0 Å². The molecule has 0 saturated carbocycles. The van der Waals surface area contributed by atoms with E-state index in [2.05, 4.69) is 17.8 Å². The average Bonchev–Trinajstić information content (AvgIpc) is 2.33. The van der Waals surface area contributed by atoms with Crippen molar-refractivity contribution in [3.63, 3.8) is 0 Å². The molecule has 0 bridgehead atoms. The molecular formula is C9H16O10S2. The van der Waals surface area contributed by atoms with Gasteiger partial charge in [-0.15, -0.1) is 0 Å². The van der Waals surface area contributed by atoms with Crippen molar-refractivity contribution in [2.24, 2.45) is 0 Å². The smallest absolute Gasteiger partial charge is 0.336 e. The Morgan fingerprint density at radius 3 is 1.33 bits per heavy atom. The van der Waals surface area contributed by atoms with Crippen LogP contribution in [0.5, 0.6) is 0 Å². The predicted molar refractivity (Wildman–Crippen MR) is 67.8 cm³/mol. The first-order valence-corrected chi connectivity index (χ1v) is 8.57. The maximum absolute atomic E-state index is 11.5. The van der Waals surface area contributed by atoms with Crippen LogP contribution in [0.4, 0.5) is 0 Å². The highest BCUT2D eigenvalue weighted by atomic mass is 32.3. The molecule has 2 unspecified atom stereocenters. The van der Waals surface area contributed by atoms with Crippen LogP contribution in [-0.2, 0) is 47.7 Å². The zero-order valence-corrected chi connectivity index (χ0v) is 13.4. The summed E-state index contributed by atoms with van der Waals surface area (Å²) in [7, 11) is -7.26. The minimum atomic E-state index is -4.64. The van der Waals surface area contributed by atoms with Gasteiger partial charge in [-0.1, -0.05) is 0 Å². The molecule has 0 aromatic rings. The molecule has 0 aliphatic rings. The second kappa shape index (κ2) is 7.68. The van der Waals surface area contributed by atoms with Gasteiger partial charge in [0.2, 0.25) is 5.08 Å². The highest BCUT2D eigenvalue weighted by molar-refractivity contribution is 8.03. The quantitative estimate of drug-likeness (QED) is 0.386. The Balaban J connectivity index is 4.85. The number of esters is 2. The number of carbonyl (C=O) groups is 2. The largest absolute Gasteiger partial charge is 0.467 e. The summed E-state index contributed by atoms with van der Waals surface area (Å²) < 4.78 is 63.1. The van der Waals surface area contributed by atoms with Crippen molar-refractivity contribution in [2.45, 2.75) is 26.1 Å². The van der Waals surface area contributed by atoms with E-state index in [1.54, 1.807) is 0 Å². The summed E-state index contributed by atoms with van der Waals surface area (Å²) in [4.78, 5) is 22.0. The van der Waals surface area contributed by atoms with Crippen molar-refractivity contribution < 1.29 is 44.3 Å². The normalized spacial score (nSPS) is 15.0. The number of carbonyl (C=O) groups excluding carboxylic acids is 2. The number of rotatable bonds is 8. The molecule has 0 spiro atoms. The molecule has 0 radical (unpaired) electrons. The summed E-state index contributed by atoms with van der Waals surface area (Å²) in [5, 5.41) is -1.57. The molecule has 0 aliphatic carbocycles. The third-order valence-corrected chi connectivity index (χ3v) is 5.41. The van der Waals surface area contributed by atoms with Gasteiger partial charge in [0.05, 0.1) is 14.2 Å². The van der Waals surface area contributed by atoms with E-state index in [0.29, 0.717) is 0 Å². The summed E-state index contributed by atoms with van der Waals surface area (Å²) >= 11 is 0. The first-order valence-electron chi connectivity index (χ1n) is 5.41. The lowest BCUT2D eigenvalue weighted by molar-refractivity contribution is -0.148. The van der Waals surface area contributed by atoms with Crippen LogP contribution in [-0.4, -0.2) is 60.3 Å². The predicted octanol–water partition coefficient (Wildman–Crippen LogP) is -1.24. The molecule has 2 atom stereocenters. The topological polar surface area (TPSA) is 139 Å². The van der Waals surface area contributed by atoms with E-state index in [9.17, 15) is 26.4 Å². The molecule has 0 aromatic heterocycles. The van der Waals surface area contributed by atoms with Crippen molar-refractivity contribution in [3.8, 4) is 0 Å². The molecule has 10 nitrogen and oxygen atoms in total. The highest BCUT2D eigenvalue weighted by Crippen LogP contribution is 2.09. The van der Waals surface area contributed by atoms with Gasteiger partial charge in [-0.3, -0.25) is 8.37 Å². The molecule has 0 aromatic carbocycles.